The zero-order valence-electron chi connectivity index (χ0n) is 19.3. The number of aliphatic hydroxyl groups excluding tert-OH is 1. The molecule has 4 atom stereocenters. The molecule has 0 bridgehead atoms. The molecule has 1 fully saturated rings. The Morgan fingerprint density at radius 1 is 1.25 bits per heavy atom. The van der Waals surface area contributed by atoms with Crippen molar-refractivity contribution in [2.75, 3.05) is 6.54 Å². The highest BCUT2D eigenvalue weighted by molar-refractivity contribution is 6.11. The first-order valence-electron chi connectivity index (χ1n) is 11.2. The Hall–Kier alpha value is -2.80. The van der Waals surface area contributed by atoms with Crippen molar-refractivity contribution in [1.82, 2.24) is 10.1 Å². The predicted molar refractivity (Wildman–Crippen MR) is 121 cm³/mol. The minimum absolute atomic E-state index is 0.0155. The molecule has 3 heterocycles. The van der Waals surface area contributed by atoms with Crippen molar-refractivity contribution in [2.24, 2.45) is 10.9 Å². The van der Waals surface area contributed by atoms with Crippen LogP contribution in [0, 0.1) is 19.8 Å². The molecule has 0 saturated carbocycles. The summed E-state index contributed by atoms with van der Waals surface area (Å²) in [4.78, 5) is 32.7. The molecular formula is C25H31N3O4. The number of aliphatic imine (C=N–C) groups is 1. The molecule has 1 saturated heterocycles. The van der Waals surface area contributed by atoms with Gasteiger partial charge in [-0.25, -0.2) is 4.99 Å². The second-order valence-electron chi connectivity index (χ2n) is 9.77. The fraction of sp³-hybridized carbons (Fsp3) is 0.520. The van der Waals surface area contributed by atoms with E-state index in [4.69, 9.17) is 4.52 Å². The third-order valence-corrected chi connectivity index (χ3v) is 6.77. The number of hydrogen-bond donors (Lipinski definition) is 1. The van der Waals surface area contributed by atoms with Crippen molar-refractivity contribution in [3.63, 3.8) is 0 Å². The van der Waals surface area contributed by atoms with Crippen molar-refractivity contribution >= 4 is 17.5 Å². The van der Waals surface area contributed by atoms with E-state index in [9.17, 15) is 14.7 Å². The lowest BCUT2D eigenvalue weighted by Gasteiger charge is -2.30. The van der Waals surface area contributed by atoms with E-state index in [0.717, 1.165) is 16.8 Å². The standard InChI is InChI=1S/C25H31N3O4/c1-14(2)22(21-10-16(4)27-32-21)23(30)28-13-18(29)11-20(28)19-12-25(5,24(31)26-19)17-8-6-15(3)7-9-17/h6-10,14,18,20,22,29H,11-13H2,1-5H3/t18-,20+,22-,25-/m1/s1. The SMILES string of the molecule is Cc1ccc([C@@]2(C)CC([C@@H]3C[C@@H](O)CN3C(=O)[C@@H](c3cc(C)no3)C(C)C)=NC2=O)cc1. The third-order valence-electron chi connectivity index (χ3n) is 6.77. The van der Waals surface area contributed by atoms with Gasteiger partial charge in [0.2, 0.25) is 5.91 Å². The number of rotatable bonds is 5. The van der Waals surface area contributed by atoms with Gasteiger partial charge >= 0.3 is 0 Å². The Balaban J connectivity index is 1.61. The molecule has 2 aromatic rings. The Morgan fingerprint density at radius 3 is 2.53 bits per heavy atom. The van der Waals surface area contributed by atoms with Crippen LogP contribution in [0.5, 0.6) is 0 Å². The van der Waals surface area contributed by atoms with E-state index < -0.39 is 23.5 Å². The summed E-state index contributed by atoms with van der Waals surface area (Å²) in [5.41, 5.74) is 2.67. The van der Waals surface area contributed by atoms with Gasteiger partial charge in [0, 0.05) is 31.2 Å². The van der Waals surface area contributed by atoms with Gasteiger partial charge in [0.05, 0.1) is 23.3 Å². The van der Waals surface area contributed by atoms with Crippen LogP contribution in [0.25, 0.3) is 0 Å². The van der Waals surface area contributed by atoms with Gasteiger partial charge in [0.15, 0.2) is 0 Å². The number of aryl methyl sites for hydroxylation is 2. The monoisotopic (exact) mass is 437 g/mol. The van der Waals surface area contributed by atoms with E-state index in [2.05, 4.69) is 10.1 Å². The van der Waals surface area contributed by atoms with Crippen LogP contribution in [0.2, 0.25) is 0 Å². The molecule has 1 aromatic carbocycles. The van der Waals surface area contributed by atoms with E-state index >= 15 is 0 Å². The number of aliphatic hydroxyl groups is 1. The highest BCUT2D eigenvalue weighted by atomic mass is 16.5. The molecule has 0 aliphatic carbocycles. The highest BCUT2D eigenvalue weighted by Gasteiger charge is 2.48. The van der Waals surface area contributed by atoms with Gasteiger partial charge in [-0.1, -0.05) is 48.8 Å². The zero-order valence-corrected chi connectivity index (χ0v) is 19.3. The third kappa shape index (κ3) is 3.90. The second-order valence-corrected chi connectivity index (χ2v) is 9.77. The quantitative estimate of drug-likeness (QED) is 0.774. The lowest BCUT2D eigenvalue weighted by Crippen LogP contribution is -2.44. The second kappa shape index (κ2) is 8.28. The van der Waals surface area contributed by atoms with E-state index in [1.807, 2.05) is 58.9 Å². The Kier molecular flexibility index (Phi) is 5.79. The number of nitrogens with zero attached hydrogens (tertiary/aromatic N) is 3. The van der Waals surface area contributed by atoms with Crippen molar-refractivity contribution in [1.29, 1.82) is 0 Å². The maximum absolute atomic E-state index is 13.6. The molecule has 2 amide bonds. The lowest BCUT2D eigenvalue weighted by atomic mass is 9.78. The molecule has 7 heteroatoms. The van der Waals surface area contributed by atoms with Gasteiger partial charge in [-0.05, 0) is 32.3 Å². The molecule has 170 valence electrons. The average Bonchev–Trinajstić information content (AvgIpc) is 3.40. The molecular weight excluding hydrogens is 406 g/mol. The number of carbonyl (C=O) groups is 2. The van der Waals surface area contributed by atoms with Gasteiger partial charge in [-0.3, -0.25) is 9.59 Å². The van der Waals surface area contributed by atoms with Crippen LogP contribution in [0.4, 0.5) is 0 Å². The minimum atomic E-state index is -0.759. The summed E-state index contributed by atoms with van der Waals surface area (Å²) >= 11 is 0. The summed E-state index contributed by atoms with van der Waals surface area (Å²) in [5, 5.41) is 14.4. The van der Waals surface area contributed by atoms with Crippen LogP contribution in [0.3, 0.4) is 0 Å². The Labute approximate surface area is 188 Å². The normalized spacial score (nSPS) is 26.7. The molecule has 1 aromatic heterocycles. The van der Waals surface area contributed by atoms with Crippen LogP contribution in [0.1, 0.15) is 62.1 Å². The van der Waals surface area contributed by atoms with Gasteiger partial charge < -0.3 is 14.5 Å². The average molecular weight is 438 g/mol. The van der Waals surface area contributed by atoms with Crippen molar-refractivity contribution < 1.29 is 19.2 Å². The predicted octanol–water partition coefficient (Wildman–Crippen LogP) is 3.32. The van der Waals surface area contributed by atoms with E-state index in [1.54, 1.807) is 11.0 Å². The largest absolute Gasteiger partial charge is 0.391 e. The summed E-state index contributed by atoms with van der Waals surface area (Å²) in [6.07, 6.45) is 0.156. The number of likely N-dealkylation sites (tertiary alicyclic amines) is 1. The number of carbonyl (C=O) groups excluding carboxylic acids is 2. The first-order valence-corrected chi connectivity index (χ1v) is 11.2. The van der Waals surface area contributed by atoms with E-state index in [0.29, 0.717) is 24.3 Å². The van der Waals surface area contributed by atoms with Gasteiger partial charge in [0.25, 0.3) is 5.91 Å². The first-order chi connectivity index (χ1) is 15.1. The highest BCUT2D eigenvalue weighted by Crippen LogP contribution is 2.39. The Morgan fingerprint density at radius 2 is 1.94 bits per heavy atom. The summed E-state index contributed by atoms with van der Waals surface area (Å²) in [5.74, 6) is -0.326. The number of benzene rings is 1. The fourth-order valence-electron chi connectivity index (χ4n) is 4.89. The zero-order chi connectivity index (χ0) is 23.2. The van der Waals surface area contributed by atoms with Gasteiger partial charge in [-0.15, -0.1) is 0 Å². The topological polar surface area (TPSA) is 96.0 Å². The molecule has 0 unspecified atom stereocenters. The number of β-amino-alcohol motifs (C(OH)–C–C–N with tert-alkyl or cyclic N) is 1. The lowest BCUT2D eigenvalue weighted by molar-refractivity contribution is -0.134. The van der Waals surface area contributed by atoms with Crippen LogP contribution in [0.15, 0.2) is 39.8 Å². The molecule has 2 aliphatic rings. The first kappa shape index (κ1) is 22.4. The van der Waals surface area contributed by atoms with Crippen LogP contribution in [-0.2, 0) is 15.0 Å². The molecule has 7 nitrogen and oxygen atoms in total. The van der Waals surface area contributed by atoms with E-state index in [1.165, 1.54) is 0 Å². The summed E-state index contributed by atoms with van der Waals surface area (Å²) in [6, 6.07) is 9.31. The van der Waals surface area contributed by atoms with Gasteiger partial charge in [0.1, 0.15) is 11.7 Å². The molecule has 0 spiro atoms. The molecule has 4 rings (SSSR count). The number of amides is 2. The van der Waals surface area contributed by atoms with Crippen molar-refractivity contribution in [3.8, 4) is 0 Å². The van der Waals surface area contributed by atoms with E-state index in [-0.39, 0.29) is 24.3 Å². The minimum Gasteiger partial charge on any atom is -0.391 e. The van der Waals surface area contributed by atoms with Gasteiger partial charge in [-0.2, -0.15) is 0 Å². The number of aromatic nitrogens is 1. The van der Waals surface area contributed by atoms with Crippen LogP contribution in [-0.4, -0.2) is 51.4 Å². The number of hydrogen-bond acceptors (Lipinski definition) is 5. The van der Waals surface area contributed by atoms with Crippen LogP contribution < -0.4 is 0 Å². The fourth-order valence-corrected chi connectivity index (χ4v) is 4.89. The maximum atomic E-state index is 13.6. The molecule has 32 heavy (non-hydrogen) atoms. The smallest absolute Gasteiger partial charge is 0.256 e. The summed E-state index contributed by atoms with van der Waals surface area (Å²) in [6.45, 7) is 9.88. The molecule has 0 radical (unpaired) electrons. The molecule has 2 aliphatic heterocycles. The van der Waals surface area contributed by atoms with Crippen molar-refractivity contribution in [2.45, 2.75) is 70.9 Å². The van der Waals surface area contributed by atoms with Crippen molar-refractivity contribution in [3.05, 3.63) is 52.9 Å². The molecule has 1 N–H and O–H groups in total. The Bertz CT molecular complexity index is 1060. The van der Waals surface area contributed by atoms with Crippen LogP contribution >= 0.6 is 0 Å². The summed E-state index contributed by atoms with van der Waals surface area (Å²) < 4.78 is 5.43. The maximum Gasteiger partial charge on any atom is 0.256 e. The summed E-state index contributed by atoms with van der Waals surface area (Å²) in [7, 11) is 0.